The lowest BCUT2D eigenvalue weighted by Crippen LogP contribution is -2.34. The number of carbonyl (C=O) groups excluding carboxylic acids is 1. The number of hydrogen-bond acceptors (Lipinski definition) is 4. The summed E-state index contributed by atoms with van der Waals surface area (Å²) in [5.41, 5.74) is 5.59. The Morgan fingerprint density at radius 3 is 2.39 bits per heavy atom. The Morgan fingerprint density at radius 1 is 0.889 bits per heavy atom. The van der Waals surface area contributed by atoms with Gasteiger partial charge in [0, 0.05) is 19.0 Å². The van der Waals surface area contributed by atoms with Gasteiger partial charge in [-0.2, -0.15) is 0 Å². The van der Waals surface area contributed by atoms with Gasteiger partial charge in [-0.3, -0.25) is 0 Å². The third kappa shape index (κ3) is 7.77. The smallest absolute Gasteiger partial charge is 0.337 e. The first-order valence-corrected chi connectivity index (χ1v) is 12.7. The minimum absolute atomic E-state index is 0.0634. The number of methoxy groups -OCH3 is 1. The van der Waals surface area contributed by atoms with E-state index in [1.165, 1.54) is 23.8 Å². The molecule has 0 heterocycles. The molecule has 1 N–H and O–H groups in total. The van der Waals surface area contributed by atoms with Crippen molar-refractivity contribution in [3.63, 3.8) is 0 Å². The summed E-state index contributed by atoms with van der Waals surface area (Å²) in [6.45, 7) is 2.05. The number of ether oxygens (including phenoxy) is 2. The predicted molar refractivity (Wildman–Crippen MR) is 145 cm³/mol. The SMILES string of the molecule is COC(=O)c1ccc(CNCC(OCc2cccc(CCc3ccccc3)c2)C2C=CC=CC2)cc1. The number of rotatable bonds is 12. The van der Waals surface area contributed by atoms with E-state index in [1.54, 1.807) is 12.1 Å². The van der Waals surface area contributed by atoms with Crippen LogP contribution in [0, 0.1) is 5.92 Å². The summed E-state index contributed by atoms with van der Waals surface area (Å²) in [7, 11) is 1.40. The fourth-order valence-corrected chi connectivity index (χ4v) is 4.46. The summed E-state index contributed by atoms with van der Waals surface area (Å²) in [6, 6.07) is 26.9. The van der Waals surface area contributed by atoms with Gasteiger partial charge >= 0.3 is 5.97 Å². The first-order valence-electron chi connectivity index (χ1n) is 12.7. The second-order valence-corrected chi connectivity index (χ2v) is 9.19. The van der Waals surface area contributed by atoms with E-state index in [9.17, 15) is 4.79 Å². The Labute approximate surface area is 214 Å². The average Bonchev–Trinajstić information content (AvgIpc) is 2.95. The van der Waals surface area contributed by atoms with Crippen molar-refractivity contribution in [1.82, 2.24) is 5.32 Å². The van der Waals surface area contributed by atoms with E-state index in [0.717, 1.165) is 31.4 Å². The van der Waals surface area contributed by atoms with E-state index in [4.69, 9.17) is 9.47 Å². The molecule has 3 aromatic rings. The van der Waals surface area contributed by atoms with Crippen LogP contribution in [0.2, 0.25) is 0 Å². The number of hydrogen-bond donors (Lipinski definition) is 1. The highest BCUT2D eigenvalue weighted by atomic mass is 16.5. The van der Waals surface area contributed by atoms with E-state index in [1.807, 2.05) is 12.1 Å². The quantitative estimate of drug-likeness (QED) is 0.319. The van der Waals surface area contributed by atoms with Crippen LogP contribution in [-0.2, 0) is 35.5 Å². The summed E-state index contributed by atoms with van der Waals surface area (Å²) in [4.78, 5) is 11.6. The van der Waals surface area contributed by atoms with Crippen LogP contribution in [-0.4, -0.2) is 25.7 Å². The molecule has 0 radical (unpaired) electrons. The molecule has 0 spiro atoms. The van der Waals surface area contributed by atoms with Crippen molar-refractivity contribution < 1.29 is 14.3 Å². The molecule has 1 aliphatic carbocycles. The van der Waals surface area contributed by atoms with Crippen LogP contribution < -0.4 is 5.32 Å². The van der Waals surface area contributed by atoms with Crippen LogP contribution in [0.1, 0.15) is 39.0 Å². The van der Waals surface area contributed by atoms with Gasteiger partial charge in [-0.15, -0.1) is 0 Å². The second kappa shape index (κ2) is 13.6. The van der Waals surface area contributed by atoms with Crippen LogP contribution in [0.3, 0.4) is 0 Å². The third-order valence-corrected chi connectivity index (χ3v) is 6.54. The van der Waals surface area contributed by atoms with Crippen LogP contribution in [0.4, 0.5) is 0 Å². The van der Waals surface area contributed by atoms with Gasteiger partial charge in [-0.05, 0) is 53.6 Å². The highest BCUT2D eigenvalue weighted by molar-refractivity contribution is 5.89. The van der Waals surface area contributed by atoms with Gasteiger partial charge in [0.15, 0.2) is 0 Å². The van der Waals surface area contributed by atoms with E-state index >= 15 is 0 Å². The monoisotopic (exact) mass is 481 g/mol. The lowest BCUT2D eigenvalue weighted by molar-refractivity contribution is 0.0143. The molecule has 0 bridgehead atoms. The Bertz CT molecular complexity index is 1150. The van der Waals surface area contributed by atoms with Crippen molar-refractivity contribution in [2.45, 2.75) is 38.5 Å². The van der Waals surface area contributed by atoms with Gasteiger partial charge in [0.1, 0.15) is 0 Å². The van der Waals surface area contributed by atoms with Crippen LogP contribution >= 0.6 is 0 Å². The molecule has 186 valence electrons. The highest BCUT2D eigenvalue weighted by Crippen LogP contribution is 2.20. The van der Waals surface area contributed by atoms with Crippen LogP contribution in [0.25, 0.3) is 0 Å². The van der Waals surface area contributed by atoms with Crippen molar-refractivity contribution in [1.29, 1.82) is 0 Å². The lowest BCUT2D eigenvalue weighted by Gasteiger charge is -2.26. The number of carbonyl (C=O) groups is 1. The maximum Gasteiger partial charge on any atom is 0.337 e. The topological polar surface area (TPSA) is 47.6 Å². The molecule has 0 aromatic heterocycles. The van der Waals surface area contributed by atoms with Crippen LogP contribution in [0.15, 0.2) is 103 Å². The fraction of sp³-hybridized carbons (Fsp3) is 0.281. The standard InChI is InChI=1S/C32H35NO3/c1-35-32(34)30-19-17-27(18-20-30)22-33-23-31(29-13-6-3-7-14-29)36-24-28-12-8-11-26(21-28)16-15-25-9-4-2-5-10-25/h2-13,17-21,29,31,33H,14-16,22-24H2,1H3. The molecule has 4 rings (SSSR count). The normalized spacial score (nSPS) is 15.5. The van der Waals surface area contributed by atoms with Crippen molar-refractivity contribution in [2.75, 3.05) is 13.7 Å². The molecule has 1 aliphatic rings. The molecular formula is C32H35NO3. The van der Waals surface area contributed by atoms with E-state index in [2.05, 4.69) is 84.2 Å². The van der Waals surface area contributed by atoms with E-state index in [0.29, 0.717) is 24.6 Å². The zero-order chi connectivity index (χ0) is 25.0. The number of allylic oxidation sites excluding steroid dienone is 3. The van der Waals surface area contributed by atoms with Gasteiger partial charge in [-0.1, -0.05) is 91.0 Å². The van der Waals surface area contributed by atoms with E-state index < -0.39 is 0 Å². The van der Waals surface area contributed by atoms with Gasteiger partial charge < -0.3 is 14.8 Å². The van der Waals surface area contributed by atoms with Gasteiger partial charge in [0.05, 0.1) is 25.4 Å². The minimum atomic E-state index is -0.316. The predicted octanol–water partition coefficient (Wildman–Crippen LogP) is 6.07. The van der Waals surface area contributed by atoms with Gasteiger partial charge in [0.2, 0.25) is 0 Å². The summed E-state index contributed by atoms with van der Waals surface area (Å²) in [6.07, 6.45) is 11.8. The van der Waals surface area contributed by atoms with Gasteiger partial charge in [0.25, 0.3) is 0 Å². The Hall–Kier alpha value is -3.47. The molecule has 0 aliphatic heterocycles. The van der Waals surface area contributed by atoms with E-state index in [-0.39, 0.29) is 12.1 Å². The second-order valence-electron chi connectivity index (χ2n) is 9.19. The number of benzene rings is 3. The number of nitrogens with one attached hydrogen (secondary N) is 1. The fourth-order valence-electron chi connectivity index (χ4n) is 4.46. The highest BCUT2D eigenvalue weighted by Gasteiger charge is 2.20. The zero-order valence-corrected chi connectivity index (χ0v) is 20.9. The number of aryl methyl sites for hydroxylation is 2. The Balaban J connectivity index is 1.31. The zero-order valence-electron chi connectivity index (χ0n) is 20.9. The molecule has 3 aromatic carbocycles. The minimum Gasteiger partial charge on any atom is -0.465 e. The largest absolute Gasteiger partial charge is 0.465 e. The van der Waals surface area contributed by atoms with Gasteiger partial charge in [-0.25, -0.2) is 4.79 Å². The number of esters is 1. The third-order valence-electron chi connectivity index (χ3n) is 6.54. The maximum atomic E-state index is 11.6. The molecule has 4 nitrogen and oxygen atoms in total. The van der Waals surface area contributed by atoms with Crippen LogP contribution in [0.5, 0.6) is 0 Å². The summed E-state index contributed by atoms with van der Waals surface area (Å²) >= 11 is 0. The first kappa shape index (κ1) is 25.6. The molecule has 0 fully saturated rings. The summed E-state index contributed by atoms with van der Waals surface area (Å²) in [5.74, 6) is 0.0229. The Morgan fingerprint density at radius 2 is 1.64 bits per heavy atom. The molecule has 36 heavy (non-hydrogen) atoms. The van der Waals surface area contributed by atoms with Crippen molar-refractivity contribution in [3.05, 3.63) is 131 Å². The molecule has 0 saturated carbocycles. The maximum absolute atomic E-state index is 11.6. The summed E-state index contributed by atoms with van der Waals surface area (Å²) in [5, 5.41) is 3.55. The molecular weight excluding hydrogens is 446 g/mol. The lowest BCUT2D eigenvalue weighted by atomic mass is 9.94. The van der Waals surface area contributed by atoms with Crippen molar-refractivity contribution >= 4 is 5.97 Å². The molecule has 0 saturated heterocycles. The van der Waals surface area contributed by atoms with Crippen molar-refractivity contribution in [2.24, 2.45) is 5.92 Å². The summed E-state index contributed by atoms with van der Waals surface area (Å²) < 4.78 is 11.3. The molecule has 4 heteroatoms. The Kier molecular flexibility index (Phi) is 9.66. The first-order chi connectivity index (χ1) is 17.7. The van der Waals surface area contributed by atoms with Crippen molar-refractivity contribution in [3.8, 4) is 0 Å². The average molecular weight is 482 g/mol. The molecule has 0 amide bonds. The molecule has 2 unspecified atom stereocenters. The molecule has 2 atom stereocenters.